The Morgan fingerprint density at radius 1 is 1.00 bits per heavy atom. The summed E-state index contributed by atoms with van der Waals surface area (Å²) in [5.74, 6) is -0.509. The molecular weight excluding hydrogens is 316 g/mol. The van der Waals surface area contributed by atoms with Crippen molar-refractivity contribution in [3.05, 3.63) is 66.2 Å². The van der Waals surface area contributed by atoms with Gasteiger partial charge in [-0.05, 0) is 30.7 Å². The maximum absolute atomic E-state index is 12.2. The summed E-state index contributed by atoms with van der Waals surface area (Å²) in [7, 11) is -3.88. The molecule has 0 spiro atoms. The number of carbonyl (C=O) groups excluding carboxylic acids is 1. The van der Waals surface area contributed by atoms with Crippen molar-refractivity contribution in [2.45, 2.75) is 24.3 Å². The molecule has 0 heterocycles. The zero-order chi connectivity index (χ0) is 16.7. The van der Waals surface area contributed by atoms with Crippen molar-refractivity contribution in [3.8, 4) is 0 Å². The molecule has 0 amide bonds. The van der Waals surface area contributed by atoms with Crippen LogP contribution < -0.4 is 0 Å². The van der Waals surface area contributed by atoms with Crippen LogP contribution in [0.1, 0.15) is 23.7 Å². The minimum atomic E-state index is -3.88. The molecule has 0 aromatic heterocycles. The lowest BCUT2D eigenvalue weighted by Gasteiger charge is -2.16. The molecule has 5 nitrogen and oxygen atoms in total. The number of hydrogen-bond acceptors (Lipinski definition) is 5. The van der Waals surface area contributed by atoms with Crippen LogP contribution in [-0.4, -0.2) is 27.1 Å². The number of hydrogen-bond donors (Lipinski definition) is 0. The molecule has 1 unspecified atom stereocenters. The summed E-state index contributed by atoms with van der Waals surface area (Å²) in [4.78, 5) is 12.0. The standard InChI is InChI=1S/C17H18O5S/c1-2-15(13-21-17(18)14-9-5-3-6-10-14)22-23(19,20)16-11-7-4-8-12-16/h3-12,15H,2,13H2,1H3. The highest BCUT2D eigenvalue weighted by Crippen LogP contribution is 2.15. The topological polar surface area (TPSA) is 69.7 Å². The molecule has 2 rings (SSSR count). The first-order chi connectivity index (χ1) is 11.0. The zero-order valence-electron chi connectivity index (χ0n) is 12.7. The molecule has 23 heavy (non-hydrogen) atoms. The van der Waals surface area contributed by atoms with Gasteiger partial charge in [0.05, 0.1) is 10.5 Å². The molecule has 6 heteroatoms. The van der Waals surface area contributed by atoms with E-state index in [1.54, 1.807) is 55.5 Å². The molecule has 0 radical (unpaired) electrons. The third-order valence-electron chi connectivity index (χ3n) is 3.16. The van der Waals surface area contributed by atoms with Crippen LogP contribution in [0.2, 0.25) is 0 Å². The molecule has 2 aromatic carbocycles. The van der Waals surface area contributed by atoms with Crippen LogP contribution in [0, 0.1) is 0 Å². The van der Waals surface area contributed by atoms with Gasteiger partial charge in [-0.25, -0.2) is 4.79 Å². The lowest BCUT2D eigenvalue weighted by atomic mass is 10.2. The third-order valence-corrected chi connectivity index (χ3v) is 4.53. The maximum atomic E-state index is 12.2. The first kappa shape index (κ1) is 17.2. The second-order valence-electron chi connectivity index (χ2n) is 4.86. The van der Waals surface area contributed by atoms with Crippen LogP contribution in [0.25, 0.3) is 0 Å². The molecule has 0 saturated carbocycles. The van der Waals surface area contributed by atoms with E-state index in [4.69, 9.17) is 8.92 Å². The molecule has 0 N–H and O–H groups in total. The van der Waals surface area contributed by atoms with Crippen LogP contribution in [-0.2, 0) is 19.0 Å². The SMILES string of the molecule is CCC(COC(=O)c1ccccc1)OS(=O)(=O)c1ccccc1. The first-order valence-corrected chi connectivity index (χ1v) is 8.64. The van der Waals surface area contributed by atoms with E-state index in [-0.39, 0.29) is 11.5 Å². The number of esters is 1. The quantitative estimate of drug-likeness (QED) is 0.575. The Balaban J connectivity index is 1.97. The summed E-state index contributed by atoms with van der Waals surface area (Å²) in [6.45, 7) is 1.64. The second-order valence-corrected chi connectivity index (χ2v) is 6.43. The fraction of sp³-hybridized carbons (Fsp3) is 0.235. The van der Waals surface area contributed by atoms with Gasteiger partial charge in [0.25, 0.3) is 10.1 Å². The van der Waals surface area contributed by atoms with E-state index in [0.29, 0.717) is 12.0 Å². The largest absolute Gasteiger partial charge is 0.459 e. The van der Waals surface area contributed by atoms with Crippen LogP contribution in [0.5, 0.6) is 0 Å². The van der Waals surface area contributed by atoms with Crippen LogP contribution in [0.3, 0.4) is 0 Å². The van der Waals surface area contributed by atoms with Gasteiger partial charge in [-0.1, -0.05) is 43.3 Å². The Hall–Kier alpha value is -2.18. The van der Waals surface area contributed by atoms with E-state index in [9.17, 15) is 13.2 Å². The zero-order valence-corrected chi connectivity index (χ0v) is 13.5. The highest BCUT2D eigenvalue weighted by Gasteiger charge is 2.22. The summed E-state index contributed by atoms with van der Waals surface area (Å²) in [6, 6.07) is 16.4. The second kappa shape index (κ2) is 7.89. The predicted octanol–water partition coefficient (Wildman–Crippen LogP) is 3.03. The van der Waals surface area contributed by atoms with E-state index in [1.807, 2.05) is 0 Å². The molecular formula is C17H18O5S. The molecule has 0 aliphatic heterocycles. The Labute approximate surface area is 136 Å². The minimum Gasteiger partial charge on any atom is -0.459 e. The van der Waals surface area contributed by atoms with Crippen molar-refractivity contribution < 1.29 is 22.1 Å². The third kappa shape index (κ3) is 4.91. The average Bonchev–Trinajstić information content (AvgIpc) is 2.59. The van der Waals surface area contributed by atoms with Crippen molar-refractivity contribution in [1.29, 1.82) is 0 Å². The molecule has 0 saturated heterocycles. The molecule has 0 bridgehead atoms. The van der Waals surface area contributed by atoms with E-state index in [1.165, 1.54) is 12.1 Å². The molecule has 122 valence electrons. The Kier molecular flexibility index (Phi) is 5.90. The summed E-state index contributed by atoms with van der Waals surface area (Å²) in [5.41, 5.74) is 0.410. The molecule has 0 aliphatic rings. The number of rotatable bonds is 7. The van der Waals surface area contributed by atoms with Crippen molar-refractivity contribution >= 4 is 16.1 Å². The van der Waals surface area contributed by atoms with Crippen molar-refractivity contribution in [2.75, 3.05) is 6.61 Å². The highest BCUT2D eigenvalue weighted by molar-refractivity contribution is 7.86. The smallest absolute Gasteiger partial charge is 0.338 e. The van der Waals surface area contributed by atoms with Crippen LogP contribution in [0.15, 0.2) is 65.6 Å². The molecule has 0 fully saturated rings. The van der Waals surface area contributed by atoms with E-state index in [2.05, 4.69) is 0 Å². The fourth-order valence-electron chi connectivity index (χ4n) is 1.86. The Morgan fingerprint density at radius 2 is 1.57 bits per heavy atom. The average molecular weight is 334 g/mol. The van der Waals surface area contributed by atoms with Gasteiger partial charge in [-0.2, -0.15) is 8.42 Å². The summed E-state index contributed by atoms with van der Waals surface area (Å²) in [6.07, 6.45) is -0.332. The summed E-state index contributed by atoms with van der Waals surface area (Å²) >= 11 is 0. The monoisotopic (exact) mass is 334 g/mol. The van der Waals surface area contributed by atoms with E-state index < -0.39 is 22.2 Å². The molecule has 2 aromatic rings. The number of carbonyl (C=O) groups is 1. The first-order valence-electron chi connectivity index (χ1n) is 7.23. The van der Waals surface area contributed by atoms with Crippen LogP contribution >= 0.6 is 0 Å². The highest BCUT2D eigenvalue weighted by atomic mass is 32.2. The van der Waals surface area contributed by atoms with Crippen molar-refractivity contribution in [3.63, 3.8) is 0 Å². The fourth-order valence-corrected chi connectivity index (χ4v) is 3.01. The lowest BCUT2D eigenvalue weighted by molar-refractivity contribution is 0.0315. The molecule has 1 atom stereocenters. The normalized spacial score (nSPS) is 12.6. The lowest BCUT2D eigenvalue weighted by Crippen LogP contribution is -2.25. The van der Waals surface area contributed by atoms with Gasteiger partial charge < -0.3 is 4.74 Å². The Bertz CT molecular complexity index is 726. The van der Waals surface area contributed by atoms with Crippen molar-refractivity contribution in [2.24, 2.45) is 0 Å². The van der Waals surface area contributed by atoms with Crippen LogP contribution in [0.4, 0.5) is 0 Å². The van der Waals surface area contributed by atoms with Crippen molar-refractivity contribution in [1.82, 2.24) is 0 Å². The van der Waals surface area contributed by atoms with Gasteiger partial charge in [0.2, 0.25) is 0 Å². The summed E-state index contributed by atoms with van der Waals surface area (Å²) in [5, 5.41) is 0. The van der Waals surface area contributed by atoms with Gasteiger partial charge in [-0.15, -0.1) is 0 Å². The van der Waals surface area contributed by atoms with E-state index in [0.717, 1.165) is 0 Å². The van der Waals surface area contributed by atoms with Gasteiger partial charge in [0.1, 0.15) is 12.7 Å². The minimum absolute atomic E-state index is 0.0767. The van der Waals surface area contributed by atoms with Gasteiger partial charge in [0, 0.05) is 0 Å². The maximum Gasteiger partial charge on any atom is 0.338 e. The number of ether oxygens (including phenoxy) is 1. The molecule has 0 aliphatic carbocycles. The Morgan fingerprint density at radius 3 is 2.13 bits per heavy atom. The predicted molar refractivity (Wildman–Crippen MR) is 85.5 cm³/mol. The summed E-state index contributed by atoms with van der Waals surface area (Å²) < 4.78 is 34.6. The van der Waals surface area contributed by atoms with Gasteiger partial charge in [-0.3, -0.25) is 4.18 Å². The van der Waals surface area contributed by atoms with E-state index >= 15 is 0 Å². The van der Waals surface area contributed by atoms with Gasteiger partial charge in [0.15, 0.2) is 0 Å². The van der Waals surface area contributed by atoms with Gasteiger partial charge >= 0.3 is 5.97 Å². The number of benzene rings is 2.